The molecule has 1 heterocycles. The first-order chi connectivity index (χ1) is 12.1. The molecule has 0 radical (unpaired) electrons. The first-order valence-electron chi connectivity index (χ1n) is 9.95. The van der Waals surface area contributed by atoms with Crippen LogP contribution in [0.5, 0.6) is 0 Å². The molecule has 0 bridgehead atoms. The molecule has 0 aromatic heterocycles. The lowest BCUT2D eigenvalue weighted by Gasteiger charge is -2.41. The molecule has 8 heteroatoms. The Morgan fingerprint density at radius 1 is 0.846 bits per heavy atom. The van der Waals surface area contributed by atoms with Crippen molar-refractivity contribution in [2.24, 2.45) is 0 Å². The van der Waals surface area contributed by atoms with Gasteiger partial charge in [-0.25, -0.2) is 8.42 Å². The first kappa shape index (κ1) is 25.7. The van der Waals surface area contributed by atoms with Crippen LogP contribution in [0.3, 0.4) is 0 Å². The number of alkyl halides is 3. The highest BCUT2D eigenvalue weighted by molar-refractivity contribution is 7.86. The fraction of sp³-hybridized carbons (Fsp3) is 1.00. The molecule has 0 spiro atoms. The third-order valence-electron chi connectivity index (χ3n) is 5.21. The third kappa shape index (κ3) is 11.4. The van der Waals surface area contributed by atoms with Gasteiger partial charge in [0.15, 0.2) is 10.1 Å². The molecule has 26 heavy (non-hydrogen) atoms. The maximum atomic E-state index is 10.7. The van der Waals surface area contributed by atoms with Crippen molar-refractivity contribution in [1.82, 2.24) is 0 Å². The number of unbranched alkanes of at least 4 members (excludes halogenated alkanes) is 7. The number of nitrogens with zero attached hydrogens (tertiary/aromatic N) is 1. The summed E-state index contributed by atoms with van der Waals surface area (Å²) >= 11 is 0. The third-order valence-corrected chi connectivity index (χ3v) is 5.77. The highest BCUT2D eigenvalue weighted by Crippen LogP contribution is 2.21. The van der Waals surface area contributed by atoms with E-state index in [0.717, 1.165) is 0 Å². The predicted octanol–water partition coefficient (Wildman–Crippen LogP) is 5.20. The van der Waals surface area contributed by atoms with E-state index in [1.54, 1.807) is 0 Å². The second-order valence-corrected chi connectivity index (χ2v) is 8.64. The topological polar surface area (TPSA) is 57.2 Å². The van der Waals surface area contributed by atoms with E-state index in [0.29, 0.717) is 0 Å². The van der Waals surface area contributed by atoms with Crippen LogP contribution in [0.15, 0.2) is 0 Å². The van der Waals surface area contributed by atoms with Gasteiger partial charge >= 0.3 is 5.51 Å². The summed E-state index contributed by atoms with van der Waals surface area (Å²) in [5.74, 6) is 0. The standard InChI is InChI=1S/C17H36N.CHF3O3S/c1-3-5-6-7-8-9-10-12-15-18(4-2)16-13-11-14-17-18;2-1(3,4)8(5,6)7/h3-17H2,1-2H3;(H,5,6,7)/q+1;/p-1. The number of rotatable bonds is 10. The van der Waals surface area contributed by atoms with E-state index in [9.17, 15) is 13.2 Å². The van der Waals surface area contributed by atoms with Crippen molar-refractivity contribution in [3.8, 4) is 0 Å². The Hall–Kier alpha value is -0.340. The summed E-state index contributed by atoms with van der Waals surface area (Å²) in [4.78, 5) is 0. The molecule has 0 atom stereocenters. The lowest BCUT2D eigenvalue weighted by Crippen LogP contribution is -2.51. The molecule has 0 aromatic rings. The van der Waals surface area contributed by atoms with Crippen molar-refractivity contribution in [1.29, 1.82) is 0 Å². The van der Waals surface area contributed by atoms with Crippen LogP contribution in [0, 0.1) is 0 Å². The minimum atomic E-state index is -6.09. The van der Waals surface area contributed by atoms with E-state index in [1.165, 1.54) is 101 Å². The number of hydrogen-bond donors (Lipinski definition) is 0. The van der Waals surface area contributed by atoms with Gasteiger partial charge in [-0.3, -0.25) is 0 Å². The zero-order chi connectivity index (χ0) is 20.1. The highest BCUT2D eigenvalue weighted by Gasteiger charge is 2.36. The minimum Gasteiger partial charge on any atom is -0.741 e. The quantitative estimate of drug-likeness (QED) is 0.218. The van der Waals surface area contributed by atoms with Gasteiger partial charge in [-0.15, -0.1) is 0 Å². The molecule has 0 saturated carbocycles. The van der Waals surface area contributed by atoms with Gasteiger partial charge in [0.2, 0.25) is 0 Å². The zero-order valence-electron chi connectivity index (χ0n) is 16.3. The summed E-state index contributed by atoms with van der Waals surface area (Å²) in [5, 5.41) is 0. The molecule has 1 saturated heterocycles. The van der Waals surface area contributed by atoms with Gasteiger partial charge in [-0.2, -0.15) is 13.2 Å². The van der Waals surface area contributed by atoms with E-state index in [-0.39, 0.29) is 0 Å². The minimum absolute atomic E-state index is 1.37. The number of piperidine rings is 1. The van der Waals surface area contributed by atoms with Crippen molar-refractivity contribution < 1.29 is 30.6 Å². The first-order valence-corrected chi connectivity index (χ1v) is 11.4. The van der Waals surface area contributed by atoms with Crippen LogP contribution in [0.4, 0.5) is 13.2 Å². The second-order valence-electron chi connectivity index (χ2n) is 7.26. The van der Waals surface area contributed by atoms with Gasteiger partial charge in [0, 0.05) is 0 Å². The summed E-state index contributed by atoms with van der Waals surface area (Å²) in [5.41, 5.74) is -5.65. The van der Waals surface area contributed by atoms with Gasteiger partial charge in [0.1, 0.15) is 0 Å². The molecule has 0 aromatic carbocycles. The summed E-state index contributed by atoms with van der Waals surface area (Å²) < 4.78 is 60.3. The molecular formula is C18H36F3NO3S. The van der Waals surface area contributed by atoms with Crippen LogP contribution in [0.25, 0.3) is 0 Å². The van der Waals surface area contributed by atoms with Crippen molar-refractivity contribution >= 4 is 10.1 Å². The molecule has 158 valence electrons. The molecule has 0 aliphatic carbocycles. The van der Waals surface area contributed by atoms with Gasteiger partial charge in [-0.1, -0.05) is 45.4 Å². The fourth-order valence-electron chi connectivity index (χ4n) is 3.46. The lowest BCUT2D eigenvalue weighted by molar-refractivity contribution is -0.931. The Bertz CT molecular complexity index is 447. The monoisotopic (exact) mass is 403 g/mol. The van der Waals surface area contributed by atoms with Crippen molar-refractivity contribution in [2.45, 2.75) is 90.0 Å². The van der Waals surface area contributed by atoms with E-state index in [2.05, 4.69) is 13.8 Å². The van der Waals surface area contributed by atoms with Crippen molar-refractivity contribution in [3.05, 3.63) is 0 Å². The summed E-state index contributed by atoms with van der Waals surface area (Å²) in [7, 11) is -6.09. The highest BCUT2D eigenvalue weighted by atomic mass is 32.2. The van der Waals surface area contributed by atoms with Crippen LogP contribution < -0.4 is 0 Å². The average Bonchev–Trinajstić information content (AvgIpc) is 2.57. The summed E-state index contributed by atoms with van der Waals surface area (Å²) in [6.07, 6.45) is 16.1. The number of likely N-dealkylation sites (tertiary alicyclic amines) is 1. The average molecular weight is 404 g/mol. The van der Waals surface area contributed by atoms with Crippen LogP contribution in [0.2, 0.25) is 0 Å². The van der Waals surface area contributed by atoms with E-state index < -0.39 is 15.6 Å². The molecule has 1 aliphatic rings. The van der Waals surface area contributed by atoms with Gasteiger partial charge < -0.3 is 9.04 Å². The number of quaternary nitrogens is 1. The van der Waals surface area contributed by atoms with Gasteiger partial charge in [0.05, 0.1) is 26.2 Å². The van der Waals surface area contributed by atoms with E-state index in [4.69, 9.17) is 13.0 Å². The molecular weight excluding hydrogens is 367 g/mol. The normalized spacial score (nSPS) is 17.5. The Morgan fingerprint density at radius 3 is 1.65 bits per heavy atom. The smallest absolute Gasteiger partial charge is 0.485 e. The van der Waals surface area contributed by atoms with Crippen LogP contribution in [-0.2, 0) is 10.1 Å². The summed E-state index contributed by atoms with van der Waals surface area (Å²) in [6.45, 7) is 10.5. The van der Waals surface area contributed by atoms with Gasteiger partial charge in [-0.05, 0) is 39.0 Å². The molecule has 1 fully saturated rings. The zero-order valence-corrected chi connectivity index (χ0v) is 17.1. The fourth-order valence-corrected chi connectivity index (χ4v) is 3.46. The Morgan fingerprint density at radius 2 is 1.27 bits per heavy atom. The van der Waals surface area contributed by atoms with Crippen molar-refractivity contribution in [3.63, 3.8) is 0 Å². The van der Waals surface area contributed by atoms with Crippen LogP contribution in [-0.4, -0.2) is 49.1 Å². The largest absolute Gasteiger partial charge is 0.741 e. The maximum absolute atomic E-state index is 10.7. The number of halogens is 3. The molecule has 0 N–H and O–H groups in total. The molecule has 1 rings (SSSR count). The second kappa shape index (κ2) is 12.9. The van der Waals surface area contributed by atoms with E-state index in [1.807, 2.05) is 0 Å². The maximum Gasteiger partial charge on any atom is 0.485 e. The molecule has 1 aliphatic heterocycles. The van der Waals surface area contributed by atoms with Crippen LogP contribution >= 0.6 is 0 Å². The molecule has 4 nitrogen and oxygen atoms in total. The molecule has 0 unspecified atom stereocenters. The Balaban J connectivity index is 0.000000660. The molecule has 0 amide bonds. The summed E-state index contributed by atoms with van der Waals surface area (Å²) in [6, 6.07) is 0. The SMILES string of the molecule is CCCCCCCCCC[N+]1(CC)CCCCC1.O=S(=O)([O-])C(F)(F)F. The van der Waals surface area contributed by atoms with E-state index >= 15 is 0 Å². The Kier molecular flexibility index (Phi) is 12.8. The lowest BCUT2D eigenvalue weighted by atomic mass is 10.0. The number of hydrogen-bond acceptors (Lipinski definition) is 3. The predicted molar refractivity (Wildman–Crippen MR) is 97.6 cm³/mol. The Labute approximate surface area is 157 Å². The van der Waals surface area contributed by atoms with Crippen molar-refractivity contribution in [2.75, 3.05) is 26.2 Å². The van der Waals surface area contributed by atoms with Crippen LogP contribution in [0.1, 0.15) is 84.5 Å². The van der Waals surface area contributed by atoms with Gasteiger partial charge in [0.25, 0.3) is 0 Å².